The van der Waals surface area contributed by atoms with Crippen LogP contribution in [0.1, 0.15) is 24.5 Å². The predicted molar refractivity (Wildman–Crippen MR) is 110 cm³/mol. The first-order valence-electron chi connectivity index (χ1n) is 9.50. The molecule has 2 aromatic rings. The minimum atomic E-state index is -0.554. The van der Waals surface area contributed by atoms with Crippen molar-refractivity contribution in [3.8, 4) is 17.2 Å². The van der Waals surface area contributed by atoms with Gasteiger partial charge < -0.3 is 19.5 Å². The van der Waals surface area contributed by atoms with Crippen LogP contribution in [0.15, 0.2) is 36.4 Å². The molecule has 7 heteroatoms. The molecule has 1 N–H and O–H groups in total. The molecule has 0 aromatic heterocycles. The Morgan fingerprint density at radius 2 is 1.72 bits per heavy atom. The Morgan fingerprint density at radius 3 is 2.31 bits per heavy atom. The summed E-state index contributed by atoms with van der Waals surface area (Å²) >= 11 is 0. The Morgan fingerprint density at radius 1 is 1.07 bits per heavy atom. The molecule has 0 spiro atoms. The first-order chi connectivity index (χ1) is 14.0. The first kappa shape index (κ1) is 20.5. The number of anilines is 1. The van der Waals surface area contributed by atoms with Crippen LogP contribution in [0.4, 0.5) is 5.69 Å². The molecule has 29 heavy (non-hydrogen) atoms. The molecule has 0 aliphatic carbocycles. The van der Waals surface area contributed by atoms with E-state index in [1.165, 1.54) is 0 Å². The number of benzene rings is 2. The number of carbonyl (C=O) groups excluding carboxylic acids is 2. The molecule has 1 aliphatic rings. The lowest BCUT2D eigenvalue weighted by Crippen LogP contribution is -2.47. The number of hydrogen-bond acceptors (Lipinski definition) is 5. The van der Waals surface area contributed by atoms with Crippen molar-refractivity contribution < 1.29 is 23.8 Å². The molecule has 0 saturated carbocycles. The fourth-order valence-corrected chi connectivity index (χ4v) is 3.62. The second-order valence-electron chi connectivity index (χ2n) is 6.72. The number of para-hydroxylation sites is 1. The lowest BCUT2D eigenvalue weighted by Gasteiger charge is -2.24. The summed E-state index contributed by atoms with van der Waals surface area (Å²) in [6.45, 7) is 2.07. The van der Waals surface area contributed by atoms with E-state index < -0.39 is 6.04 Å². The van der Waals surface area contributed by atoms with Crippen molar-refractivity contribution in [1.82, 2.24) is 5.32 Å². The van der Waals surface area contributed by atoms with Crippen LogP contribution < -0.4 is 24.4 Å². The number of methoxy groups -OCH3 is 3. The molecule has 2 amide bonds. The average molecular weight is 398 g/mol. The topological polar surface area (TPSA) is 77.1 Å². The summed E-state index contributed by atoms with van der Waals surface area (Å²) in [5.74, 6) is 1.27. The molecule has 1 heterocycles. The lowest BCUT2D eigenvalue weighted by molar-refractivity contribution is -0.126. The Bertz CT molecular complexity index is 887. The van der Waals surface area contributed by atoms with E-state index in [1.54, 1.807) is 45.3 Å². The van der Waals surface area contributed by atoms with Crippen LogP contribution in [0.5, 0.6) is 17.2 Å². The average Bonchev–Trinajstić information content (AvgIpc) is 3.15. The van der Waals surface area contributed by atoms with E-state index in [-0.39, 0.29) is 18.4 Å². The number of nitrogens with one attached hydrogen (secondary N) is 1. The van der Waals surface area contributed by atoms with E-state index in [0.29, 0.717) is 30.1 Å². The van der Waals surface area contributed by atoms with Crippen molar-refractivity contribution in [2.24, 2.45) is 0 Å². The van der Waals surface area contributed by atoms with E-state index >= 15 is 0 Å². The van der Waals surface area contributed by atoms with Gasteiger partial charge in [0.25, 0.3) is 0 Å². The third kappa shape index (κ3) is 3.99. The Labute approximate surface area is 170 Å². The van der Waals surface area contributed by atoms with Gasteiger partial charge in [0.2, 0.25) is 17.6 Å². The molecule has 2 aromatic carbocycles. The highest BCUT2D eigenvalue weighted by Gasteiger charge is 2.37. The number of amides is 2. The molecule has 154 valence electrons. The highest BCUT2D eigenvalue weighted by Crippen LogP contribution is 2.38. The monoisotopic (exact) mass is 398 g/mol. The molecule has 1 aliphatic heterocycles. The van der Waals surface area contributed by atoms with Crippen LogP contribution in [0.25, 0.3) is 0 Å². The molecule has 0 unspecified atom stereocenters. The van der Waals surface area contributed by atoms with Crippen LogP contribution in [-0.4, -0.2) is 39.2 Å². The van der Waals surface area contributed by atoms with Gasteiger partial charge in [-0.15, -0.1) is 0 Å². The highest BCUT2D eigenvalue weighted by molar-refractivity contribution is 6.03. The third-order valence-corrected chi connectivity index (χ3v) is 5.04. The van der Waals surface area contributed by atoms with Gasteiger partial charge in [-0.2, -0.15) is 0 Å². The van der Waals surface area contributed by atoms with Crippen molar-refractivity contribution in [3.63, 3.8) is 0 Å². The maximum atomic E-state index is 13.0. The molecule has 0 radical (unpaired) electrons. The summed E-state index contributed by atoms with van der Waals surface area (Å²) in [6, 6.07) is 10.7. The molecular formula is C22H26N2O5. The number of rotatable bonds is 7. The van der Waals surface area contributed by atoms with Gasteiger partial charge in [-0.1, -0.05) is 25.1 Å². The van der Waals surface area contributed by atoms with E-state index in [4.69, 9.17) is 14.2 Å². The van der Waals surface area contributed by atoms with Gasteiger partial charge in [0.15, 0.2) is 11.5 Å². The zero-order valence-electron chi connectivity index (χ0n) is 17.2. The van der Waals surface area contributed by atoms with Crippen molar-refractivity contribution in [2.75, 3.05) is 26.2 Å². The largest absolute Gasteiger partial charge is 0.493 e. The second kappa shape index (κ2) is 8.86. The number of ether oxygens (including phenoxy) is 3. The van der Waals surface area contributed by atoms with Gasteiger partial charge in [-0.05, 0) is 29.3 Å². The van der Waals surface area contributed by atoms with Crippen LogP contribution in [-0.2, 0) is 22.6 Å². The van der Waals surface area contributed by atoms with E-state index in [0.717, 1.165) is 16.8 Å². The van der Waals surface area contributed by atoms with Crippen molar-refractivity contribution >= 4 is 17.5 Å². The molecule has 3 rings (SSSR count). The first-order valence-corrected chi connectivity index (χ1v) is 9.50. The van der Waals surface area contributed by atoms with E-state index in [2.05, 4.69) is 5.32 Å². The van der Waals surface area contributed by atoms with Crippen molar-refractivity contribution in [3.05, 3.63) is 47.5 Å². The van der Waals surface area contributed by atoms with Gasteiger partial charge in [0.05, 0.1) is 21.3 Å². The minimum absolute atomic E-state index is 0.0668. The van der Waals surface area contributed by atoms with Crippen LogP contribution in [0.2, 0.25) is 0 Å². The molecule has 0 saturated heterocycles. The second-order valence-corrected chi connectivity index (χ2v) is 6.72. The number of carbonyl (C=O) groups is 2. The molecule has 0 bridgehead atoms. The Balaban J connectivity index is 1.78. The van der Waals surface area contributed by atoms with Gasteiger partial charge >= 0.3 is 0 Å². The predicted octanol–water partition coefficient (Wildman–Crippen LogP) is 2.70. The summed E-state index contributed by atoms with van der Waals surface area (Å²) in [5, 5.41) is 2.94. The number of fused-ring (bicyclic) bond motifs is 1. The number of hydrogen-bond donors (Lipinski definition) is 1. The van der Waals surface area contributed by atoms with Crippen LogP contribution in [0, 0.1) is 0 Å². The summed E-state index contributed by atoms with van der Waals surface area (Å²) in [6.07, 6.45) is 0.841. The standard InChI is InChI=1S/C22H26N2O5/c1-5-20(25)24-16-9-7-6-8-15(16)12-17(24)22(26)23-13-14-10-18(27-2)21(29-4)19(11-14)28-3/h6-11,17H,5,12-13H2,1-4H3,(H,23,26)/t17-/m1/s1. The van der Waals surface area contributed by atoms with Gasteiger partial charge in [0, 0.05) is 25.1 Å². The Kier molecular flexibility index (Phi) is 6.26. The Hall–Kier alpha value is -3.22. The SMILES string of the molecule is CCC(=O)N1c2ccccc2C[C@@H]1C(=O)NCc1cc(OC)c(OC)c(OC)c1. The summed E-state index contributed by atoms with van der Waals surface area (Å²) in [7, 11) is 4.63. The summed E-state index contributed by atoms with van der Waals surface area (Å²) in [4.78, 5) is 27.1. The number of nitrogens with zero attached hydrogens (tertiary/aromatic N) is 1. The zero-order chi connectivity index (χ0) is 21.0. The molecular weight excluding hydrogens is 372 g/mol. The molecule has 1 atom stereocenters. The maximum absolute atomic E-state index is 13.0. The minimum Gasteiger partial charge on any atom is -0.493 e. The summed E-state index contributed by atoms with van der Waals surface area (Å²) in [5.41, 5.74) is 2.62. The van der Waals surface area contributed by atoms with Gasteiger partial charge in [-0.3, -0.25) is 14.5 Å². The van der Waals surface area contributed by atoms with Crippen molar-refractivity contribution in [2.45, 2.75) is 32.4 Å². The van der Waals surface area contributed by atoms with Crippen LogP contribution in [0.3, 0.4) is 0 Å². The quantitative estimate of drug-likeness (QED) is 0.776. The van der Waals surface area contributed by atoms with Crippen molar-refractivity contribution in [1.29, 1.82) is 0 Å². The fraction of sp³-hybridized carbons (Fsp3) is 0.364. The highest BCUT2D eigenvalue weighted by atomic mass is 16.5. The van der Waals surface area contributed by atoms with E-state index in [9.17, 15) is 9.59 Å². The fourth-order valence-electron chi connectivity index (χ4n) is 3.62. The summed E-state index contributed by atoms with van der Waals surface area (Å²) < 4.78 is 16.0. The maximum Gasteiger partial charge on any atom is 0.243 e. The normalized spacial score (nSPS) is 14.9. The molecule has 7 nitrogen and oxygen atoms in total. The zero-order valence-corrected chi connectivity index (χ0v) is 17.2. The van der Waals surface area contributed by atoms with Gasteiger partial charge in [-0.25, -0.2) is 0 Å². The van der Waals surface area contributed by atoms with Gasteiger partial charge in [0.1, 0.15) is 6.04 Å². The third-order valence-electron chi connectivity index (χ3n) is 5.04. The lowest BCUT2D eigenvalue weighted by atomic mass is 10.1. The smallest absolute Gasteiger partial charge is 0.243 e. The van der Waals surface area contributed by atoms with Crippen LogP contribution >= 0.6 is 0 Å². The molecule has 0 fully saturated rings. The van der Waals surface area contributed by atoms with E-state index in [1.807, 2.05) is 24.3 Å².